The number of nitrogens with zero attached hydrogens (tertiary/aromatic N) is 2. The lowest BCUT2D eigenvalue weighted by atomic mass is 10.2. The Hall–Kier alpha value is -1.73. The van der Waals surface area contributed by atoms with Gasteiger partial charge in [0.25, 0.3) is 0 Å². The minimum absolute atomic E-state index is 0.199. The molecule has 1 aromatic carbocycles. The van der Waals surface area contributed by atoms with Gasteiger partial charge >= 0.3 is 5.97 Å². The van der Waals surface area contributed by atoms with Crippen LogP contribution in [0.5, 0.6) is 0 Å². The number of esters is 1. The Bertz CT molecular complexity index is 521. The molecule has 5 heteroatoms. The first kappa shape index (κ1) is 13.7. The van der Waals surface area contributed by atoms with E-state index in [0.29, 0.717) is 23.2 Å². The zero-order chi connectivity index (χ0) is 13.8. The van der Waals surface area contributed by atoms with Crippen LogP contribution in [0.25, 0.3) is 0 Å². The van der Waals surface area contributed by atoms with Crippen LogP contribution in [0.4, 0.5) is 5.69 Å². The second kappa shape index (κ2) is 5.94. The molecule has 100 valence electrons. The molecule has 0 N–H and O–H groups in total. The van der Waals surface area contributed by atoms with E-state index in [4.69, 9.17) is 21.6 Å². The van der Waals surface area contributed by atoms with Crippen molar-refractivity contribution < 1.29 is 9.53 Å². The third kappa shape index (κ3) is 3.39. The second-order valence-corrected chi connectivity index (χ2v) is 4.85. The summed E-state index contributed by atoms with van der Waals surface area (Å²) in [5.74, 6) is -0.255. The van der Waals surface area contributed by atoms with Gasteiger partial charge in [0.15, 0.2) is 0 Å². The van der Waals surface area contributed by atoms with Crippen molar-refractivity contribution in [3.05, 3.63) is 28.8 Å². The van der Waals surface area contributed by atoms with Crippen molar-refractivity contribution in [3.8, 4) is 6.07 Å². The third-order valence-corrected chi connectivity index (χ3v) is 3.28. The van der Waals surface area contributed by atoms with Gasteiger partial charge in [-0.1, -0.05) is 11.6 Å². The predicted octanol–water partition coefficient (Wildman–Crippen LogP) is 2.74. The molecule has 4 nitrogen and oxygen atoms in total. The number of carbonyl (C=O) groups excluding carboxylic acids is 1. The first-order chi connectivity index (χ1) is 9.15. The number of halogens is 1. The molecule has 0 saturated heterocycles. The van der Waals surface area contributed by atoms with Crippen molar-refractivity contribution in [2.45, 2.75) is 25.8 Å². The molecule has 0 atom stereocenters. The minimum atomic E-state index is -0.255. The Labute approximate surface area is 117 Å². The van der Waals surface area contributed by atoms with Gasteiger partial charge in [0.05, 0.1) is 28.9 Å². The molecule has 1 saturated carbocycles. The van der Waals surface area contributed by atoms with Crippen molar-refractivity contribution in [1.29, 1.82) is 5.26 Å². The molecule has 0 bridgehead atoms. The van der Waals surface area contributed by atoms with Crippen LogP contribution < -0.4 is 4.90 Å². The van der Waals surface area contributed by atoms with Crippen LogP contribution in [0, 0.1) is 11.3 Å². The van der Waals surface area contributed by atoms with Gasteiger partial charge < -0.3 is 9.64 Å². The molecule has 0 aliphatic heterocycles. The van der Waals surface area contributed by atoms with E-state index in [1.54, 1.807) is 25.1 Å². The monoisotopic (exact) mass is 278 g/mol. The molecular formula is C14H15ClN2O2. The summed E-state index contributed by atoms with van der Waals surface area (Å²) in [5.41, 5.74) is 1.30. The summed E-state index contributed by atoms with van der Waals surface area (Å²) in [6.07, 6.45) is 2.10. The van der Waals surface area contributed by atoms with Crippen LogP contribution in [-0.2, 0) is 9.53 Å². The van der Waals surface area contributed by atoms with Crippen molar-refractivity contribution >= 4 is 23.3 Å². The lowest BCUT2D eigenvalue weighted by molar-refractivity contribution is -0.141. The van der Waals surface area contributed by atoms with Crippen molar-refractivity contribution in [2.24, 2.45) is 0 Å². The normalized spacial score (nSPS) is 13.7. The summed E-state index contributed by atoms with van der Waals surface area (Å²) in [5, 5.41) is 9.33. The molecule has 1 aliphatic carbocycles. The van der Waals surface area contributed by atoms with Crippen LogP contribution in [-0.4, -0.2) is 25.2 Å². The largest absolute Gasteiger partial charge is 0.465 e. The van der Waals surface area contributed by atoms with E-state index in [1.807, 2.05) is 11.0 Å². The molecule has 0 unspecified atom stereocenters. The van der Waals surface area contributed by atoms with Gasteiger partial charge in [0, 0.05) is 6.04 Å². The van der Waals surface area contributed by atoms with Gasteiger partial charge in [-0.25, -0.2) is 0 Å². The van der Waals surface area contributed by atoms with Crippen molar-refractivity contribution in [3.63, 3.8) is 0 Å². The number of hydrogen-bond donors (Lipinski definition) is 0. The van der Waals surface area contributed by atoms with E-state index < -0.39 is 0 Å². The van der Waals surface area contributed by atoms with Gasteiger partial charge in [-0.3, -0.25) is 4.79 Å². The van der Waals surface area contributed by atoms with Crippen molar-refractivity contribution in [1.82, 2.24) is 0 Å². The number of rotatable bonds is 5. The van der Waals surface area contributed by atoms with Crippen molar-refractivity contribution in [2.75, 3.05) is 18.1 Å². The van der Waals surface area contributed by atoms with Crippen LogP contribution in [0.2, 0.25) is 5.02 Å². The van der Waals surface area contributed by atoms with E-state index in [-0.39, 0.29) is 12.5 Å². The molecule has 19 heavy (non-hydrogen) atoms. The topological polar surface area (TPSA) is 53.3 Å². The zero-order valence-corrected chi connectivity index (χ0v) is 11.5. The summed E-state index contributed by atoms with van der Waals surface area (Å²) >= 11 is 6.19. The molecule has 1 aliphatic rings. The Morgan fingerprint density at radius 3 is 2.84 bits per heavy atom. The average molecular weight is 279 g/mol. The van der Waals surface area contributed by atoms with Gasteiger partial charge in [-0.15, -0.1) is 0 Å². The molecule has 0 radical (unpaired) electrons. The molecule has 1 aromatic rings. The van der Waals surface area contributed by atoms with E-state index in [0.717, 1.165) is 18.5 Å². The first-order valence-corrected chi connectivity index (χ1v) is 6.65. The van der Waals surface area contributed by atoms with Gasteiger partial charge in [-0.05, 0) is 38.0 Å². The highest BCUT2D eigenvalue weighted by molar-refractivity contribution is 6.33. The standard InChI is InChI=1S/C14H15ClN2O2/c1-2-19-14(18)9-17(11-4-5-11)13-6-3-10(8-16)7-12(13)15/h3,6-7,11H,2,4-5,9H2,1H3. The number of nitriles is 1. The summed E-state index contributed by atoms with van der Waals surface area (Å²) in [6, 6.07) is 7.51. The minimum Gasteiger partial charge on any atom is -0.465 e. The van der Waals surface area contributed by atoms with Crippen LogP contribution in [0.15, 0.2) is 18.2 Å². The SMILES string of the molecule is CCOC(=O)CN(c1ccc(C#N)cc1Cl)C1CC1. The third-order valence-electron chi connectivity index (χ3n) is 2.98. The van der Waals surface area contributed by atoms with Gasteiger partial charge in [0.1, 0.15) is 6.54 Å². The van der Waals surface area contributed by atoms with E-state index in [1.165, 1.54) is 0 Å². The highest BCUT2D eigenvalue weighted by Gasteiger charge is 2.32. The second-order valence-electron chi connectivity index (χ2n) is 4.44. The maximum atomic E-state index is 11.6. The van der Waals surface area contributed by atoms with E-state index >= 15 is 0 Å². The number of carbonyl (C=O) groups is 1. The summed E-state index contributed by atoms with van der Waals surface area (Å²) < 4.78 is 4.98. The zero-order valence-electron chi connectivity index (χ0n) is 10.7. The lowest BCUT2D eigenvalue weighted by Gasteiger charge is -2.24. The Morgan fingerprint density at radius 1 is 1.58 bits per heavy atom. The molecule has 0 heterocycles. The molecule has 1 fully saturated rings. The molecule has 0 spiro atoms. The van der Waals surface area contributed by atoms with Crippen LogP contribution >= 0.6 is 11.6 Å². The Balaban J connectivity index is 2.20. The Kier molecular flexibility index (Phi) is 4.28. The fraction of sp³-hybridized carbons (Fsp3) is 0.429. The predicted molar refractivity (Wildman–Crippen MR) is 73.2 cm³/mol. The summed E-state index contributed by atoms with van der Waals surface area (Å²) in [6.45, 7) is 2.36. The molecule has 0 amide bonds. The molecule has 2 rings (SSSR count). The smallest absolute Gasteiger partial charge is 0.325 e. The quantitative estimate of drug-likeness (QED) is 0.777. The Morgan fingerprint density at radius 2 is 2.32 bits per heavy atom. The molecule has 0 aromatic heterocycles. The average Bonchev–Trinajstić information content (AvgIpc) is 3.21. The van der Waals surface area contributed by atoms with E-state index in [2.05, 4.69) is 0 Å². The fourth-order valence-corrected chi connectivity index (χ4v) is 2.24. The van der Waals surface area contributed by atoms with E-state index in [9.17, 15) is 4.79 Å². The number of benzene rings is 1. The lowest BCUT2D eigenvalue weighted by Crippen LogP contribution is -2.33. The van der Waals surface area contributed by atoms with Gasteiger partial charge in [0.2, 0.25) is 0 Å². The maximum absolute atomic E-state index is 11.6. The van der Waals surface area contributed by atoms with Crippen LogP contribution in [0.3, 0.4) is 0 Å². The molecular weight excluding hydrogens is 264 g/mol. The maximum Gasteiger partial charge on any atom is 0.325 e. The highest BCUT2D eigenvalue weighted by atomic mass is 35.5. The number of ether oxygens (including phenoxy) is 1. The van der Waals surface area contributed by atoms with Gasteiger partial charge in [-0.2, -0.15) is 5.26 Å². The summed E-state index contributed by atoms with van der Waals surface area (Å²) in [4.78, 5) is 13.6. The highest BCUT2D eigenvalue weighted by Crippen LogP contribution is 2.35. The number of hydrogen-bond acceptors (Lipinski definition) is 4. The fourth-order valence-electron chi connectivity index (χ4n) is 1.95. The number of anilines is 1. The first-order valence-electron chi connectivity index (χ1n) is 6.27. The summed E-state index contributed by atoms with van der Waals surface area (Å²) in [7, 11) is 0. The van der Waals surface area contributed by atoms with Crippen LogP contribution in [0.1, 0.15) is 25.3 Å².